The quantitative estimate of drug-likeness (QED) is 0.751. The van der Waals surface area contributed by atoms with Gasteiger partial charge in [0.05, 0.1) is 13.5 Å². The van der Waals surface area contributed by atoms with Crippen molar-refractivity contribution in [1.29, 1.82) is 0 Å². The normalized spacial score (nSPS) is 21.3. The van der Waals surface area contributed by atoms with Crippen molar-refractivity contribution < 1.29 is 14.3 Å². The van der Waals surface area contributed by atoms with Gasteiger partial charge in [0.25, 0.3) is 0 Å². The van der Waals surface area contributed by atoms with Crippen LogP contribution in [0.1, 0.15) is 38.2 Å². The van der Waals surface area contributed by atoms with Gasteiger partial charge < -0.3 is 9.64 Å². The Labute approximate surface area is 144 Å². The Hall–Kier alpha value is -1.88. The van der Waals surface area contributed by atoms with Crippen molar-refractivity contribution in [3.8, 4) is 0 Å². The van der Waals surface area contributed by atoms with Crippen molar-refractivity contribution in [3.63, 3.8) is 0 Å². The molecule has 1 aliphatic rings. The summed E-state index contributed by atoms with van der Waals surface area (Å²) in [6.45, 7) is 4.16. The molecule has 5 heteroatoms. The lowest BCUT2D eigenvalue weighted by Gasteiger charge is -2.41. The third kappa shape index (κ3) is 5.06. The van der Waals surface area contributed by atoms with E-state index >= 15 is 0 Å². The molecule has 0 spiro atoms. The Morgan fingerprint density at radius 2 is 1.96 bits per heavy atom. The van der Waals surface area contributed by atoms with Crippen LogP contribution in [-0.2, 0) is 20.9 Å². The molecule has 1 amide bonds. The lowest BCUT2D eigenvalue weighted by molar-refractivity contribution is -0.144. The number of methoxy groups -OCH3 is 1. The third-order valence-electron chi connectivity index (χ3n) is 4.93. The number of hydrogen-bond donors (Lipinski definition) is 0. The monoisotopic (exact) mass is 332 g/mol. The Bertz CT molecular complexity index is 547. The van der Waals surface area contributed by atoms with Crippen molar-refractivity contribution >= 4 is 11.9 Å². The number of rotatable bonds is 6. The summed E-state index contributed by atoms with van der Waals surface area (Å²) in [5.41, 5.74) is 1.32. The zero-order valence-electron chi connectivity index (χ0n) is 14.9. The molecule has 0 radical (unpaired) electrons. The Morgan fingerprint density at radius 1 is 1.25 bits per heavy atom. The molecule has 1 fully saturated rings. The van der Waals surface area contributed by atoms with Gasteiger partial charge in [-0.3, -0.25) is 14.5 Å². The van der Waals surface area contributed by atoms with Crippen molar-refractivity contribution in [1.82, 2.24) is 9.80 Å². The summed E-state index contributed by atoms with van der Waals surface area (Å²) in [6.07, 6.45) is 2.31. The highest BCUT2D eigenvalue weighted by Crippen LogP contribution is 2.23. The first kappa shape index (κ1) is 18.5. The van der Waals surface area contributed by atoms with Crippen LogP contribution >= 0.6 is 0 Å². The van der Waals surface area contributed by atoms with Gasteiger partial charge in [-0.25, -0.2) is 0 Å². The minimum atomic E-state index is -0.331. The maximum atomic E-state index is 12.2. The number of carbonyl (C=O) groups excluding carboxylic acids is 2. The largest absolute Gasteiger partial charge is 0.469 e. The van der Waals surface area contributed by atoms with Gasteiger partial charge in [-0.05, 0) is 25.3 Å². The summed E-state index contributed by atoms with van der Waals surface area (Å²) in [6, 6.07) is 11.2. The van der Waals surface area contributed by atoms with Crippen molar-refractivity contribution in [2.45, 2.75) is 51.2 Å². The molecule has 132 valence electrons. The topological polar surface area (TPSA) is 49.9 Å². The van der Waals surface area contributed by atoms with E-state index in [1.54, 1.807) is 0 Å². The zero-order valence-corrected chi connectivity index (χ0v) is 14.9. The van der Waals surface area contributed by atoms with E-state index in [4.69, 9.17) is 0 Å². The molecule has 1 saturated heterocycles. The molecule has 5 nitrogen and oxygen atoms in total. The molecule has 2 atom stereocenters. The number of carbonyl (C=O) groups is 2. The molecule has 2 rings (SSSR count). The van der Waals surface area contributed by atoms with E-state index in [0.717, 1.165) is 25.9 Å². The number of hydrogen-bond acceptors (Lipinski definition) is 4. The van der Waals surface area contributed by atoms with Gasteiger partial charge in [0.1, 0.15) is 0 Å². The van der Waals surface area contributed by atoms with E-state index in [-0.39, 0.29) is 30.8 Å². The standard InChI is InChI=1S/C19H28N2O3/c1-15-13-17(20(2)18(22)9-10-19(23)24-3)11-12-21(15)14-16-7-5-4-6-8-16/h4-8,15,17H,9-14H2,1-3H3/t15-,17-/m0/s1. The van der Waals surface area contributed by atoms with E-state index in [1.807, 2.05) is 18.0 Å². The van der Waals surface area contributed by atoms with Crippen LogP contribution in [-0.4, -0.2) is 54.5 Å². The highest BCUT2D eigenvalue weighted by molar-refractivity contribution is 5.81. The second kappa shape index (κ2) is 8.83. The predicted molar refractivity (Wildman–Crippen MR) is 93.4 cm³/mol. The fraction of sp³-hybridized carbons (Fsp3) is 0.579. The molecule has 0 N–H and O–H groups in total. The number of benzene rings is 1. The van der Waals surface area contributed by atoms with Crippen LogP contribution < -0.4 is 0 Å². The molecule has 0 aromatic heterocycles. The number of nitrogens with zero attached hydrogens (tertiary/aromatic N) is 2. The summed E-state index contributed by atoms with van der Waals surface area (Å²) in [5, 5.41) is 0. The van der Waals surface area contributed by atoms with Crippen LogP contribution in [0, 0.1) is 0 Å². The summed E-state index contributed by atoms with van der Waals surface area (Å²) < 4.78 is 4.60. The molecule has 0 unspecified atom stereocenters. The fourth-order valence-electron chi connectivity index (χ4n) is 3.29. The van der Waals surface area contributed by atoms with Gasteiger partial charge >= 0.3 is 5.97 Å². The van der Waals surface area contributed by atoms with Crippen LogP contribution in [0.15, 0.2) is 30.3 Å². The molecular formula is C19H28N2O3. The fourth-order valence-corrected chi connectivity index (χ4v) is 3.29. The van der Waals surface area contributed by atoms with Crippen LogP contribution in [0.5, 0.6) is 0 Å². The molecule has 0 aliphatic carbocycles. The van der Waals surface area contributed by atoms with Crippen LogP contribution in [0.25, 0.3) is 0 Å². The number of ether oxygens (including phenoxy) is 1. The van der Waals surface area contributed by atoms with Crippen molar-refractivity contribution in [2.75, 3.05) is 20.7 Å². The number of amides is 1. The molecule has 1 heterocycles. The van der Waals surface area contributed by atoms with E-state index < -0.39 is 0 Å². The Kier molecular flexibility index (Phi) is 6.79. The highest BCUT2D eigenvalue weighted by Gasteiger charge is 2.29. The molecule has 0 bridgehead atoms. The SMILES string of the molecule is COC(=O)CCC(=O)N(C)[C@H]1CCN(Cc2ccccc2)[C@@H](C)C1. The average molecular weight is 332 g/mol. The number of esters is 1. The molecule has 1 aromatic rings. The lowest BCUT2D eigenvalue weighted by atomic mass is 9.96. The van der Waals surface area contributed by atoms with Gasteiger partial charge in [0, 0.05) is 38.6 Å². The van der Waals surface area contributed by atoms with E-state index in [9.17, 15) is 9.59 Å². The zero-order chi connectivity index (χ0) is 17.5. The highest BCUT2D eigenvalue weighted by atomic mass is 16.5. The van der Waals surface area contributed by atoms with Crippen molar-refractivity contribution in [3.05, 3.63) is 35.9 Å². The Morgan fingerprint density at radius 3 is 2.58 bits per heavy atom. The first-order valence-corrected chi connectivity index (χ1v) is 8.61. The Balaban J connectivity index is 1.83. The first-order chi connectivity index (χ1) is 11.5. The smallest absolute Gasteiger partial charge is 0.306 e. The van der Waals surface area contributed by atoms with Crippen LogP contribution in [0.2, 0.25) is 0 Å². The van der Waals surface area contributed by atoms with Crippen LogP contribution in [0.4, 0.5) is 0 Å². The maximum Gasteiger partial charge on any atom is 0.306 e. The van der Waals surface area contributed by atoms with E-state index in [2.05, 4.69) is 40.8 Å². The molecular weight excluding hydrogens is 304 g/mol. The van der Waals surface area contributed by atoms with Crippen LogP contribution in [0.3, 0.4) is 0 Å². The van der Waals surface area contributed by atoms with Gasteiger partial charge in [-0.2, -0.15) is 0 Å². The predicted octanol–water partition coefficient (Wildman–Crippen LogP) is 2.45. The van der Waals surface area contributed by atoms with Gasteiger partial charge in [0.15, 0.2) is 0 Å². The maximum absolute atomic E-state index is 12.2. The second-order valence-corrected chi connectivity index (χ2v) is 6.56. The second-order valence-electron chi connectivity index (χ2n) is 6.56. The lowest BCUT2D eigenvalue weighted by Crippen LogP contribution is -2.49. The molecule has 1 aromatic carbocycles. The van der Waals surface area contributed by atoms with Gasteiger partial charge in [-0.1, -0.05) is 30.3 Å². The summed E-state index contributed by atoms with van der Waals surface area (Å²) in [7, 11) is 3.20. The minimum absolute atomic E-state index is 0.0223. The van der Waals surface area contributed by atoms with E-state index in [1.165, 1.54) is 12.7 Å². The third-order valence-corrected chi connectivity index (χ3v) is 4.93. The minimum Gasteiger partial charge on any atom is -0.469 e. The molecule has 1 aliphatic heterocycles. The first-order valence-electron chi connectivity index (χ1n) is 8.61. The van der Waals surface area contributed by atoms with Crippen molar-refractivity contribution in [2.24, 2.45) is 0 Å². The molecule has 24 heavy (non-hydrogen) atoms. The van der Waals surface area contributed by atoms with Gasteiger partial charge in [-0.15, -0.1) is 0 Å². The summed E-state index contributed by atoms with van der Waals surface area (Å²) in [4.78, 5) is 27.7. The number of likely N-dealkylation sites (tertiary alicyclic amines) is 1. The summed E-state index contributed by atoms with van der Waals surface area (Å²) >= 11 is 0. The number of piperidine rings is 1. The summed E-state index contributed by atoms with van der Waals surface area (Å²) in [5.74, 6) is -0.308. The molecule has 0 saturated carbocycles. The van der Waals surface area contributed by atoms with Gasteiger partial charge in [0.2, 0.25) is 5.91 Å². The average Bonchev–Trinajstić information content (AvgIpc) is 2.61. The van der Waals surface area contributed by atoms with E-state index in [0.29, 0.717) is 6.04 Å².